The van der Waals surface area contributed by atoms with Crippen molar-refractivity contribution in [2.75, 3.05) is 25.1 Å². The van der Waals surface area contributed by atoms with Gasteiger partial charge in [0, 0.05) is 18.8 Å². The van der Waals surface area contributed by atoms with Crippen molar-refractivity contribution in [1.82, 2.24) is 0 Å². The number of anilines is 1. The van der Waals surface area contributed by atoms with Crippen molar-refractivity contribution in [3.8, 4) is 0 Å². The zero-order valence-electron chi connectivity index (χ0n) is 13.1. The summed E-state index contributed by atoms with van der Waals surface area (Å²) in [7, 11) is 0. The molecule has 0 saturated heterocycles. The molecule has 118 valence electrons. The fourth-order valence-corrected chi connectivity index (χ4v) is 1.73. The molecule has 0 heterocycles. The Bertz CT molecular complexity index is 435. The summed E-state index contributed by atoms with van der Waals surface area (Å²) in [6, 6.07) is 7.48. The van der Waals surface area contributed by atoms with Gasteiger partial charge in [-0.15, -0.1) is 0 Å². The molecule has 0 aliphatic rings. The summed E-state index contributed by atoms with van der Waals surface area (Å²) in [4.78, 5) is 12.0. The Morgan fingerprint density at radius 1 is 1.24 bits per heavy atom. The van der Waals surface area contributed by atoms with Gasteiger partial charge in [0.25, 0.3) is 5.91 Å². The molecule has 0 aromatic heterocycles. The van der Waals surface area contributed by atoms with Crippen LogP contribution in [0.5, 0.6) is 0 Å². The van der Waals surface area contributed by atoms with Crippen LogP contribution < -0.4 is 11.1 Å². The highest BCUT2D eigenvalue weighted by Crippen LogP contribution is 2.14. The Morgan fingerprint density at radius 2 is 1.95 bits per heavy atom. The van der Waals surface area contributed by atoms with Crippen LogP contribution >= 0.6 is 0 Å². The average molecular weight is 294 g/mol. The van der Waals surface area contributed by atoms with Crippen molar-refractivity contribution in [3.63, 3.8) is 0 Å². The summed E-state index contributed by atoms with van der Waals surface area (Å²) >= 11 is 0. The molecule has 5 heteroatoms. The first-order chi connectivity index (χ1) is 10.0. The van der Waals surface area contributed by atoms with Gasteiger partial charge in [-0.1, -0.05) is 32.0 Å². The highest BCUT2D eigenvalue weighted by atomic mass is 16.5. The van der Waals surface area contributed by atoms with Crippen LogP contribution in [0.4, 0.5) is 5.69 Å². The third kappa shape index (κ3) is 6.71. The number of carbonyl (C=O) groups excluding carboxylic acids is 1. The molecular weight excluding hydrogens is 268 g/mol. The fourth-order valence-electron chi connectivity index (χ4n) is 1.73. The van der Waals surface area contributed by atoms with Crippen LogP contribution in [0.2, 0.25) is 0 Å². The molecule has 1 amide bonds. The minimum Gasteiger partial charge on any atom is -0.379 e. The topological polar surface area (TPSA) is 73.6 Å². The summed E-state index contributed by atoms with van der Waals surface area (Å²) in [5.74, 6) is 0.318. The first kappa shape index (κ1) is 17.6. The van der Waals surface area contributed by atoms with Crippen molar-refractivity contribution >= 4 is 11.6 Å². The SMILES string of the molecule is CC(C)COCCOC(C)C(=O)Nc1ccccc1CN. The maximum absolute atomic E-state index is 12.0. The van der Waals surface area contributed by atoms with Crippen LogP contribution in [0.3, 0.4) is 0 Å². The number of nitrogens with two attached hydrogens (primary N) is 1. The second-order valence-electron chi connectivity index (χ2n) is 5.33. The Balaban J connectivity index is 2.34. The molecule has 3 N–H and O–H groups in total. The van der Waals surface area contributed by atoms with Crippen LogP contribution in [-0.2, 0) is 20.8 Å². The summed E-state index contributed by atoms with van der Waals surface area (Å²) in [6.45, 7) is 7.89. The van der Waals surface area contributed by atoms with E-state index in [9.17, 15) is 4.79 Å². The second-order valence-corrected chi connectivity index (χ2v) is 5.33. The molecule has 0 bridgehead atoms. The zero-order chi connectivity index (χ0) is 15.7. The number of carbonyl (C=O) groups is 1. The van der Waals surface area contributed by atoms with E-state index in [4.69, 9.17) is 15.2 Å². The quantitative estimate of drug-likeness (QED) is 0.685. The number of benzene rings is 1. The van der Waals surface area contributed by atoms with E-state index in [0.717, 1.165) is 11.3 Å². The molecule has 0 saturated carbocycles. The average Bonchev–Trinajstić information content (AvgIpc) is 2.46. The normalized spacial score (nSPS) is 12.4. The van der Waals surface area contributed by atoms with Gasteiger partial charge in [-0.3, -0.25) is 4.79 Å². The monoisotopic (exact) mass is 294 g/mol. The predicted octanol–water partition coefficient (Wildman–Crippen LogP) is 2.16. The molecule has 1 aromatic carbocycles. The Morgan fingerprint density at radius 3 is 2.62 bits per heavy atom. The van der Waals surface area contributed by atoms with Gasteiger partial charge in [0.2, 0.25) is 0 Å². The molecule has 21 heavy (non-hydrogen) atoms. The number of amides is 1. The zero-order valence-corrected chi connectivity index (χ0v) is 13.1. The molecule has 0 aliphatic carbocycles. The molecule has 0 fully saturated rings. The van der Waals surface area contributed by atoms with Crippen molar-refractivity contribution in [2.45, 2.75) is 33.4 Å². The van der Waals surface area contributed by atoms with E-state index in [2.05, 4.69) is 19.2 Å². The number of ether oxygens (including phenoxy) is 2. The largest absolute Gasteiger partial charge is 0.379 e. The Kier molecular flexibility index (Phi) is 7.97. The standard InChI is InChI=1S/C16H26N2O3/c1-12(2)11-20-8-9-21-13(3)16(19)18-15-7-5-4-6-14(15)10-17/h4-7,12-13H,8-11,17H2,1-3H3,(H,18,19). The first-order valence-electron chi connectivity index (χ1n) is 7.32. The van der Waals surface area contributed by atoms with Crippen LogP contribution in [0.25, 0.3) is 0 Å². The lowest BCUT2D eigenvalue weighted by molar-refractivity contribution is -0.127. The molecule has 1 rings (SSSR count). The molecular formula is C16H26N2O3. The van der Waals surface area contributed by atoms with Crippen molar-refractivity contribution in [3.05, 3.63) is 29.8 Å². The summed E-state index contributed by atoms with van der Waals surface area (Å²) in [5.41, 5.74) is 7.28. The van der Waals surface area contributed by atoms with Crippen LogP contribution in [0.1, 0.15) is 26.3 Å². The fraction of sp³-hybridized carbons (Fsp3) is 0.562. The van der Waals surface area contributed by atoms with Crippen molar-refractivity contribution in [1.29, 1.82) is 0 Å². The van der Waals surface area contributed by atoms with E-state index >= 15 is 0 Å². The predicted molar refractivity (Wildman–Crippen MR) is 84.0 cm³/mol. The minimum atomic E-state index is -0.529. The molecule has 1 aromatic rings. The van der Waals surface area contributed by atoms with E-state index < -0.39 is 6.10 Å². The summed E-state index contributed by atoms with van der Waals surface area (Å²) in [6.07, 6.45) is -0.529. The molecule has 1 atom stereocenters. The van der Waals surface area contributed by atoms with Gasteiger partial charge in [-0.05, 0) is 24.5 Å². The third-order valence-corrected chi connectivity index (χ3v) is 2.91. The van der Waals surface area contributed by atoms with Crippen LogP contribution in [0, 0.1) is 5.92 Å². The lowest BCUT2D eigenvalue weighted by Gasteiger charge is -2.15. The second kappa shape index (κ2) is 9.50. The lowest BCUT2D eigenvalue weighted by atomic mass is 10.1. The van der Waals surface area contributed by atoms with E-state index in [1.165, 1.54) is 0 Å². The number of rotatable bonds is 9. The lowest BCUT2D eigenvalue weighted by Crippen LogP contribution is -2.29. The molecule has 5 nitrogen and oxygen atoms in total. The van der Waals surface area contributed by atoms with Gasteiger partial charge >= 0.3 is 0 Å². The van der Waals surface area contributed by atoms with Crippen molar-refractivity contribution < 1.29 is 14.3 Å². The minimum absolute atomic E-state index is 0.181. The van der Waals surface area contributed by atoms with Gasteiger partial charge < -0.3 is 20.5 Å². The van der Waals surface area contributed by atoms with E-state index in [-0.39, 0.29) is 5.91 Å². The first-order valence-corrected chi connectivity index (χ1v) is 7.32. The van der Waals surface area contributed by atoms with Crippen LogP contribution in [-0.4, -0.2) is 31.8 Å². The maximum atomic E-state index is 12.0. The molecule has 1 unspecified atom stereocenters. The van der Waals surface area contributed by atoms with Gasteiger partial charge in [-0.25, -0.2) is 0 Å². The highest BCUT2D eigenvalue weighted by Gasteiger charge is 2.14. The van der Waals surface area contributed by atoms with Crippen molar-refractivity contribution in [2.24, 2.45) is 11.7 Å². The Labute approximate surface area is 126 Å². The summed E-state index contributed by atoms with van der Waals surface area (Å²) in [5, 5.41) is 2.84. The van der Waals surface area contributed by atoms with E-state index in [1.54, 1.807) is 6.92 Å². The molecule has 0 spiro atoms. The summed E-state index contributed by atoms with van der Waals surface area (Å²) < 4.78 is 10.9. The van der Waals surface area contributed by atoms with Gasteiger partial charge in [-0.2, -0.15) is 0 Å². The third-order valence-electron chi connectivity index (χ3n) is 2.91. The molecule has 0 radical (unpaired) electrons. The van der Waals surface area contributed by atoms with Crippen LogP contribution in [0.15, 0.2) is 24.3 Å². The smallest absolute Gasteiger partial charge is 0.253 e. The Hall–Kier alpha value is -1.43. The van der Waals surface area contributed by atoms with E-state index in [0.29, 0.717) is 32.3 Å². The maximum Gasteiger partial charge on any atom is 0.253 e. The van der Waals surface area contributed by atoms with Gasteiger partial charge in [0.05, 0.1) is 13.2 Å². The van der Waals surface area contributed by atoms with E-state index in [1.807, 2.05) is 24.3 Å². The highest BCUT2D eigenvalue weighted by molar-refractivity contribution is 5.94. The number of hydrogen-bond donors (Lipinski definition) is 2. The van der Waals surface area contributed by atoms with Gasteiger partial charge in [0.15, 0.2) is 0 Å². The number of para-hydroxylation sites is 1. The van der Waals surface area contributed by atoms with Gasteiger partial charge in [0.1, 0.15) is 6.10 Å². The number of hydrogen-bond acceptors (Lipinski definition) is 4. The number of nitrogens with one attached hydrogen (secondary N) is 1. The molecule has 0 aliphatic heterocycles.